The summed E-state index contributed by atoms with van der Waals surface area (Å²) in [4.78, 5) is 2.30. The fourth-order valence-electron chi connectivity index (χ4n) is 3.40. The molecule has 4 nitrogen and oxygen atoms in total. The standard InChI is InChI=1S/C16H22N4/c1-20(15-9-5-3-6-12(15)10-17)16-14-8-4-2-7-13(14)11-18-19-16/h2,4,7-8,11-12,15H,3,5-6,9-10,17H2,1H3. The van der Waals surface area contributed by atoms with E-state index in [9.17, 15) is 0 Å². The van der Waals surface area contributed by atoms with Crippen molar-refractivity contribution in [3.63, 3.8) is 0 Å². The SMILES string of the molecule is CN(c1nncc2ccccc12)C1CCCCC1CN. The summed E-state index contributed by atoms with van der Waals surface area (Å²) >= 11 is 0. The molecule has 2 aromatic rings. The highest BCUT2D eigenvalue weighted by atomic mass is 15.3. The molecule has 1 aromatic heterocycles. The van der Waals surface area contributed by atoms with E-state index in [0.29, 0.717) is 12.0 Å². The van der Waals surface area contributed by atoms with Crippen molar-refractivity contribution in [2.24, 2.45) is 11.7 Å². The van der Waals surface area contributed by atoms with E-state index in [1.54, 1.807) is 0 Å². The second-order valence-electron chi connectivity index (χ2n) is 5.71. The molecule has 1 aliphatic carbocycles. The van der Waals surface area contributed by atoms with E-state index >= 15 is 0 Å². The summed E-state index contributed by atoms with van der Waals surface area (Å²) in [5.41, 5.74) is 5.96. The van der Waals surface area contributed by atoms with Crippen molar-refractivity contribution in [3.8, 4) is 0 Å². The third-order valence-corrected chi connectivity index (χ3v) is 4.55. The molecule has 0 radical (unpaired) electrons. The van der Waals surface area contributed by atoms with Crippen LogP contribution in [0.2, 0.25) is 0 Å². The number of nitrogens with two attached hydrogens (primary N) is 1. The summed E-state index contributed by atoms with van der Waals surface area (Å²) in [6.45, 7) is 0.757. The monoisotopic (exact) mass is 270 g/mol. The van der Waals surface area contributed by atoms with Crippen molar-refractivity contribution < 1.29 is 0 Å². The highest BCUT2D eigenvalue weighted by molar-refractivity contribution is 5.91. The Balaban J connectivity index is 1.97. The number of hydrogen-bond acceptors (Lipinski definition) is 4. The van der Waals surface area contributed by atoms with Gasteiger partial charge < -0.3 is 10.6 Å². The molecule has 0 amide bonds. The van der Waals surface area contributed by atoms with E-state index in [1.165, 1.54) is 31.1 Å². The van der Waals surface area contributed by atoms with Crippen LogP contribution in [0, 0.1) is 5.92 Å². The Kier molecular flexibility index (Phi) is 3.83. The van der Waals surface area contributed by atoms with Gasteiger partial charge in [-0.1, -0.05) is 37.1 Å². The molecule has 0 spiro atoms. The van der Waals surface area contributed by atoms with E-state index in [-0.39, 0.29) is 0 Å². The topological polar surface area (TPSA) is 55.0 Å². The van der Waals surface area contributed by atoms with E-state index in [0.717, 1.165) is 17.7 Å². The van der Waals surface area contributed by atoms with E-state index in [4.69, 9.17) is 5.73 Å². The van der Waals surface area contributed by atoms with Gasteiger partial charge >= 0.3 is 0 Å². The van der Waals surface area contributed by atoms with E-state index < -0.39 is 0 Å². The first kappa shape index (κ1) is 13.3. The second kappa shape index (κ2) is 5.75. The van der Waals surface area contributed by atoms with Crippen LogP contribution in [-0.4, -0.2) is 29.8 Å². The van der Waals surface area contributed by atoms with Crippen molar-refractivity contribution in [2.75, 3.05) is 18.5 Å². The van der Waals surface area contributed by atoms with Gasteiger partial charge in [-0.2, -0.15) is 5.10 Å². The van der Waals surface area contributed by atoms with Gasteiger partial charge in [-0.15, -0.1) is 5.10 Å². The van der Waals surface area contributed by atoms with Crippen molar-refractivity contribution in [1.29, 1.82) is 0 Å². The Bertz CT molecular complexity index is 578. The fraction of sp³-hybridized carbons (Fsp3) is 0.500. The first-order chi connectivity index (χ1) is 9.81. The van der Waals surface area contributed by atoms with E-state index in [1.807, 2.05) is 12.3 Å². The molecule has 0 saturated heterocycles. The van der Waals surface area contributed by atoms with Gasteiger partial charge in [0.2, 0.25) is 0 Å². The lowest BCUT2D eigenvalue weighted by Crippen LogP contribution is -2.43. The molecule has 3 rings (SSSR count). The smallest absolute Gasteiger partial charge is 0.159 e. The molecular weight excluding hydrogens is 248 g/mol. The molecule has 1 heterocycles. The minimum Gasteiger partial charge on any atom is -0.354 e. The van der Waals surface area contributed by atoms with Crippen LogP contribution in [0.4, 0.5) is 5.82 Å². The number of anilines is 1. The van der Waals surface area contributed by atoms with E-state index in [2.05, 4.69) is 40.3 Å². The Morgan fingerprint density at radius 1 is 1.25 bits per heavy atom. The molecule has 4 heteroatoms. The number of rotatable bonds is 3. The number of aromatic nitrogens is 2. The maximum absolute atomic E-state index is 5.96. The zero-order valence-electron chi connectivity index (χ0n) is 12.0. The molecule has 2 N–H and O–H groups in total. The van der Waals surface area contributed by atoms with Crippen LogP contribution >= 0.6 is 0 Å². The van der Waals surface area contributed by atoms with Crippen LogP contribution in [-0.2, 0) is 0 Å². The van der Waals surface area contributed by atoms with Crippen molar-refractivity contribution in [1.82, 2.24) is 10.2 Å². The number of fused-ring (bicyclic) bond motifs is 1. The molecular formula is C16H22N4. The van der Waals surface area contributed by atoms with Crippen LogP contribution in [0.5, 0.6) is 0 Å². The van der Waals surface area contributed by atoms with Crippen molar-refractivity contribution in [3.05, 3.63) is 30.5 Å². The van der Waals surface area contributed by atoms with Gasteiger partial charge in [0.25, 0.3) is 0 Å². The Hall–Kier alpha value is -1.68. The Labute approximate surface area is 120 Å². The molecule has 2 atom stereocenters. The fourth-order valence-corrected chi connectivity index (χ4v) is 3.40. The lowest BCUT2D eigenvalue weighted by molar-refractivity contribution is 0.305. The highest BCUT2D eigenvalue weighted by Gasteiger charge is 2.28. The molecule has 20 heavy (non-hydrogen) atoms. The molecule has 0 bridgehead atoms. The Morgan fingerprint density at radius 3 is 2.90 bits per heavy atom. The second-order valence-corrected chi connectivity index (χ2v) is 5.71. The summed E-state index contributed by atoms with van der Waals surface area (Å²) < 4.78 is 0. The minimum atomic E-state index is 0.480. The van der Waals surface area contributed by atoms with Gasteiger partial charge in [0.15, 0.2) is 5.82 Å². The van der Waals surface area contributed by atoms with Gasteiger partial charge in [0.05, 0.1) is 6.20 Å². The molecule has 2 unspecified atom stereocenters. The number of hydrogen-bond donors (Lipinski definition) is 1. The number of nitrogens with zero attached hydrogens (tertiary/aromatic N) is 3. The first-order valence-electron chi connectivity index (χ1n) is 7.44. The highest BCUT2D eigenvalue weighted by Crippen LogP contribution is 2.32. The lowest BCUT2D eigenvalue weighted by atomic mass is 9.83. The summed E-state index contributed by atoms with van der Waals surface area (Å²) in [5, 5.41) is 10.9. The van der Waals surface area contributed by atoms with Crippen LogP contribution in [0.3, 0.4) is 0 Å². The summed E-state index contributed by atoms with van der Waals surface area (Å²) in [5.74, 6) is 1.54. The normalized spacial score (nSPS) is 22.9. The molecule has 1 saturated carbocycles. The first-order valence-corrected chi connectivity index (χ1v) is 7.44. The minimum absolute atomic E-state index is 0.480. The van der Waals surface area contributed by atoms with Gasteiger partial charge in [0.1, 0.15) is 0 Å². The average Bonchev–Trinajstić information content (AvgIpc) is 2.53. The zero-order valence-corrected chi connectivity index (χ0v) is 12.0. The van der Waals surface area contributed by atoms with Gasteiger partial charge in [-0.05, 0) is 25.3 Å². The predicted octanol–water partition coefficient (Wildman–Crippen LogP) is 2.58. The van der Waals surface area contributed by atoms with Crippen LogP contribution in [0.15, 0.2) is 30.5 Å². The molecule has 1 aliphatic rings. The zero-order chi connectivity index (χ0) is 13.9. The van der Waals surface area contributed by atoms with Crippen molar-refractivity contribution in [2.45, 2.75) is 31.7 Å². The molecule has 1 fully saturated rings. The van der Waals surface area contributed by atoms with Crippen LogP contribution in [0.1, 0.15) is 25.7 Å². The Morgan fingerprint density at radius 2 is 2.05 bits per heavy atom. The molecule has 1 aromatic carbocycles. The molecule has 0 aliphatic heterocycles. The van der Waals surface area contributed by atoms with Crippen LogP contribution in [0.25, 0.3) is 10.8 Å². The van der Waals surface area contributed by atoms with Gasteiger partial charge in [-0.3, -0.25) is 0 Å². The van der Waals surface area contributed by atoms with Crippen molar-refractivity contribution >= 4 is 16.6 Å². The van der Waals surface area contributed by atoms with Crippen LogP contribution < -0.4 is 10.6 Å². The van der Waals surface area contributed by atoms with Gasteiger partial charge in [0, 0.05) is 23.9 Å². The predicted molar refractivity (Wildman–Crippen MR) is 82.7 cm³/mol. The lowest BCUT2D eigenvalue weighted by Gasteiger charge is -2.38. The third-order valence-electron chi connectivity index (χ3n) is 4.55. The third kappa shape index (κ3) is 2.36. The summed E-state index contributed by atoms with van der Waals surface area (Å²) in [6, 6.07) is 8.78. The number of benzene rings is 1. The average molecular weight is 270 g/mol. The summed E-state index contributed by atoms with van der Waals surface area (Å²) in [7, 11) is 2.13. The maximum atomic E-state index is 5.96. The summed E-state index contributed by atoms with van der Waals surface area (Å²) in [6.07, 6.45) is 6.83. The quantitative estimate of drug-likeness (QED) is 0.931. The molecule has 106 valence electrons. The maximum Gasteiger partial charge on any atom is 0.159 e. The van der Waals surface area contributed by atoms with Gasteiger partial charge in [-0.25, -0.2) is 0 Å². The largest absolute Gasteiger partial charge is 0.354 e.